The molecule has 4 aromatic rings. The SMILES string of the molecule is COC(=O)c1nc(-c2cccnc2)c2cc(OCCN3CCCC3)ccc2c1-c1cc(OC)c(OC)c(OC)c1. The molecule has 2 aromatic carbocycles. The third-order valence-corrected chi connectivity index (χ3v) is 7.12. The number of nitrogens with zero attached hydrogens (tertiary/aromatic N) is 3. The lowest BCUT2D eigenvalue weighted by Gasteiger charge is -2.19. The van der Waals surface area contributed by atoms with Gasteiger partial charge in [-0.15, -0.1) is 0 Å². The Balaban J connectivity index is 1.72. The van der Waals surface area contributed by atoms with Crippen LogP contribution in [-0.2, 0) is 4.74 Å². The summed E-state index contributed by atoms with van der Waals surface area (Å²) in [4.78, 5) is 24.7. The minimum atomic E-state index is -0.568. The molecular weight excluding hydrogens is 510 g/mol. The van der Waals surface area contributed by atoms with Gasteiger partial charge in [-0.1, -0.05) is 0 Å². The van der Waals surface area contributed by atoms with Crippen LogP contribution in [-0.4, -0.2) is 75.5 Å². The fourth-order valence-electron chi connectivity index (χ4n) is 5.17. The average Bonchev–Trinajstić information content (AvgIpc) is 3.53. The first kappa shape index (κ1) is 27.2. The molecule has 0 spiro atoms. The summed E-state index contributed by atoms with van der Waals surface area (Å²) in [5.41, 5.74) is 2.77. The van der Waals surface area contributed by atoms with Gasteiger partial charge in [-0.05, 0) is 79.3 Å². The maximum absolute atomic E-state index is 13.2. The standard InChI is InChI=1S/C31H33N3O6/c1-36-25-16-21(17-26(37-2)30(25)38-3)27-23-10-9-22(40-15-14-34-12-5-6-13-34)18-24(23)28(20-8-7-11-32-19-20)33-29(27)31(35)39-4/h7-11,16-19H,5-6,12-15H2,1-4H3. The molecule has 40 heavy (non-hydrogen) atoms. The molecule has 0 aliphatic carbocycles. The number of esters is 1. The van der Waals surface area contributed by atoms with Gasteiger partial charge in [0, 0.05) is 35.5 Å². The highest BCUT2D eigenvalue weighted by atomic mass is 16.5. The number of likely N-dealkylation sites (tertiary alicyclic amines) is 1. The van der Waals surface area contributed by atoms with E-state index in [1.165, 1.54) is 20.0 Å². The fraction of sp³-hybridized carbons (Fsp3) is 0.323. The van der Waals surface area contributed by atoms with Gasteiger partial charge < -0.3 is 23.7 Å². The highest BCUT2D eigenvalue weighted by molar-refractivity contribution is 6.11. The maximum Gasteiger partial charge on any atom is 0.357 e. The van der Waals surface area contributed by atoms with E-state index >= 15 is 0 Å². The highest BCUT2D eigenvalue weighted by Crippen LogP contribution is 2.45. The number of pyridine rings is 2. The number of carbonyl (C=O) groups is 1. The second kappa shape index (κ2) is 12.2. The molecule has 0 unspecified atom stereocenters. The number of hydrogen-bond acceptors (Lipinski definition) is 9. The molecule has 1 aliphatic rings. The van der Waals surface area contributed by atoms with E-state index < -0.39 is 5.97 Å². The predicted octanol–water partition coefficient (Wildman–Crippen LogP) is 5.25. The van der Waals surface area contributed by atoms with Crippen LogP contribution in [0.3, 0.4) is 0 Å². The van der Waals surface area contributed by atoms with E-state index in [1.807, 2.05) is 30.3 Å². The molecule has 9 nitrogen and oxygen atoms in total. The van der Waals surface area contributed by atoms with E-state index in [2.05, 4.69) is 9.88 Å². The summed E-state index contributed by atoms with van der Waals surface area (Å²) in [6.45, 7) is 3.69. The molecule has 9 heteroatoms. The number of rotatable bonds is 10. The van der Waals surface area contributed by atoms with Crippen molar-refractivity contribution in [3.8, 4) is 45.4 Å². The summed E-state index contributed by atoms with van der Waals surface area (Å²) < 4.78 is 28.1. The first-order valence-electron chi connectivity index (χ1n) is 13.2. The Morgan fingerprint density at radius 2 is 1.65 bits per heavy atom. The van der Waals surface area contributed by atoms with Crippen LogP contribution in [0.25, 0.3) is 33.2 Å². The lowest BCUT2D eigenvalue weighted by Crippen LogP contribution is -2.25. The van der Waals surface area contributed by atoms with Gasteiger partial charge in [0.05, 0.1) is 34.1 Å². The van der Waals surface area contributed by atoms with E-state index in [0.29, 0.717) is 40.7 Å². The molecule has 0 bridgehead atoms. The first-order chi connectivity index (χ1) is 19.6. The summed E-state index contributed by atoms with van der Waals surface area (Å²) in [6, 6.07) is 13.2. The third kappa shape index (κ3) is 5.37. The fourth-order valence-corrected chi connectivity index (χ4v) is 5.17. The Morgan fingerprint density at radius 1 is 0.900 bits per heavy atom. The van der Waals surface area contributed by atoms with Crippen molar-refractivity contribution < 1.29 is 28.5 Å². The molecule has 0 radical (unpaired) electrons. The van der Waals surface area contributed by atoms with Crippen molar-refractivity contribution >= 4 is 16.7 Å². The third-order valence-electron chi connectivity index (χ3n) is 7.12. The minimum absolute atomic E-state index is 0.158. The smallest absolute Gasteiger partial charge is 0.357 e. The minimum Gasteiger partial charge on any atom is -0.493 e. The zero-order valence-corrected chi connectivity index (χ0v) is 23.2. The first-order valence-corrected chi connectivity index (χ1v) is 13.2. The largest absolute Gasteiger partial charge is 0.493 e. The lowest BCUT2D eigenvalue weighted by molar-refractivity contribution is 0.0595. The zero-order valence-electron chi connectivity index (χ0n) is 23.2. The Kier molecular flexibility index (Phi) is 8.31. The second-order valence-electron chi connectivity index (χ2n) is 9.44. The molecule has 0 amide bonds. The molecule has 2 aromatic heterocycles. The molecule has 5 rings (SSSR count). The van der Waals surface area contributed by atoms with Crippen molar-refractivity contribution in [3.05, 3.63) is 60.6 Å². The van der Waals surface area contributed by atoms with Crippen molar-refractivity contribution in [3.63, 3.8) is 0 Å². The molecule has 1 aliphatic heterocycles. The monoisotopic (exact) mass is 543 g/mol. The van der Waals surface area contributed by atoms with Gasteiger partial charge in [0.1, 0.15) is 12.4 Å². The Morgan fingerprint density at radius 3 is 2.27 bits per heavy atom. The van der Waals surface area contributed by atoms with Crippen LogP contribution in [0, 0.1) is 0 Å². The van der Waals surface area contributed by atoms with E-state index in [9.17, 15) is 4.79 Å². The quantitative estimate of drug-likeness (QED) is 0.249. The van der Waals surface area contributed by atoms with Crippen LogP contribution in [0.5, 0.6) is 23.0 Å². The molecule has 1 fully saturated rings. The van der Waals surface area contributed by atoms with Crippen molar-refractivity contribution in [2.75, 3.05) is 54.7 Å². The van der Waals surface area contributed by atoms with E-state index in [-0.39, 0.29) is 5.69 Å². The van der Waals surface area contributed by atoms with Crippen LogP contribution in [0.4, 0.5) is 0 Å². The average molecular weight is 544 g/mol. The van der Waals surface area contributed by atoms with Gasteiger partial charge in [0.15, 0.2) is 17.2 Å². The van der Waals surface area contributed by atoms with Crippen molar-refractivity contribution in [2.45, 2.75) is 12.8 Å². The number of aromatic nitrogens is 2. The van der Waals surface area contributed by atoms with Crippen molar-refractivity contribution in [2.24, 2.45) is 0 Å². The van der Waals surface area contributed by atoms with Gasteiger partial charge in [0.2, 0.25) is 5.75 Å². The summed E-state index contributed by atoms with van der Waals surface area (Å²) in [5, 5.41) is 1.60. The van der Waals surface area contributed by atoms with Gasteiger partial charge in [-0.25, -0.2) is 9.78 Å². The normalized spacial score (nSPS) is 13.3. The molecular formula is C31H33N3O6. The maximum atomic E-state index is 13.2. The molecule has 3 heterocycles. The van der Waals surface area contributed by atoms with Crippen LogP contribution in [0.1, 0.15) is 23.3 Å². The van der Waals surface area contributed by atoms with Gasteiger partial charge in [0.25, 0.3) is 0 Å². The van der Waals surface area contributed by atoms with Crippen LogP contribution >= 0.6 is 0 Å². The number of carbonyl (C=O) groups excluding carboxylic acids is 1. The molecule has 208 valence electrons. The number of methoxy groups -OCH3 is 4. The lowest BCUT2D eigenvalue weighted by atomic mass is 9.93. The van der Waals surface area contributed by atoms with E-state index in [1.54, 1.807) is 45.9 Å². The van der Waals surface area contributed by atoms with Crippen molar-refractivity contribution in [1.29, 1.82) is 0 Å². The Labute approximate surface area is 233 Å². The summed E-state index contributed by atoms with van der Waals surface area (Å²) >= 11 is 0. The topological polar surface area (TPSA) is 92.2 Å². The van der Waals surface area contributed by atoms with E-state index in [0.717, 1.165) is 41.7 Å². The number of fused-ring (bicyclic) bond motifs is 1. The van der Waals surface area contributed by atoms with Gasteiger partial charge in [-0.2, -0.15) is 0 Å². The van der Waals surface area contributed by atoms with Crippen LogP contribution < -0.4 is 18.9 Å². The van der Waals surface area contributed by atoms with Crippen LogP contribution in [0.2, 0.25) is 0 Å². The Bertz CT molecular complexity index is 1480. The molecule has 1 saturated heterocycles. The predicted molar refractivity (Wildman–Crippen MR) is 153 cm³/mol. The summed E-state index contributed by atoms with van der Waals surface area (Å²) in [5.74, 6) is 1.52. The number of hydrogen-bond donors (Lipinski definition) is 0. The number of ether oxygens (including phenoxy) is 5. The van der Waals surface area contributed by atoms with Crippen molar-refractivity contribution in [1.82, 2.24) is 14.9 Å². The van der Waals surface area contributed by atoms with Crippen LogP contribution in [0.15, 0.2) is 54.9 Å². The molecule has 0 saturated carbocycles. The highest BCUT2D eigenvalue weighted by Gasteiger charge is 2.25. The van der Waals surface area contributed by atoms with Gasteiger partial charge >= 0.3 is 5.97 Å². The Hall–Kier alpha value is -4.37. The van der Waals surface area contributed by atoms with Gasteiger partial charge in [-0.3, -0.25) is 9.88 Å². The molecule has 0 N–H and O–H groups in total. The molecule has 0 atom stereocenters. The summed E-state index contributed by atoms with van der Waals surface area (Å²) in [6.07, 6.45) is 5.90. The number of benzene rings is 2. The summed E-state index contributed by atoms with van der Waals surface area (Å²) in [7, 11) is 5.99. The second-order valence-corrected chi connectivity index (χ2v) is 9.44. The zero-order chi connectivity index (χ0) is 28.1. The van der Waals surface area contributed by atoms with E-state index in [4.69, 9.17) is 28.7 Å².